The van der Waals surface area contributed by atoms with Crippen molar-refractivity contribution >= 4 is 23.1 Å². The second-order valence-corrected chi connectivity index (χ2v) is 7.78. The van der Waals surface area contributed by atoms with Crippen molar-refractivity contribution in [2.45, 2.75) is 32.7 Å². The topological polar surface area (TPSA) is 67.4 Å². The molecule has 2 aliphatic rings. The molecule has 29 heavy (non-hydrogen) atoms. The number of hydrogen-bond acceptors (Lipinski definition) is 5. The van der Waals surface area contributed by atoms with Crippen LogP contribution in [-0.4, -0.2) is 18.9 Å². The van der Waals surface area contributed by atoms with E-state index in [9.17, 15) is 9.59 Å². The van der Waals surface area contributed by atoms with Crippen molar-refractivity contribution in [1.82, 2.24) is 0 Å². The number of nitrogens with one attached hydrogen (secondary N) is 2. The first kappa shape index (κ1) is 19.2. The third-order valence-corrected chi connectivity index (χ3v) is 5.95. The van der Waals surface area contributed by atoms with Crippen LogP contribution in [0.3, 0.4) is 0 Å². The first-order valence-corrected chi connectivity index (χ1v) is 10.1. The van der Waals surface area contributed by atoms with Crippen molar-refractivity contribution in [1.29, 1.82) is 0 Å². The molecule has 0 radical (unpaired) electrons. The molecular formula is C24H26N2O3. The molecule has 5 heteroatoms. The number of allylic oxidation sites excluding steroid dienone is 1. The van der Waals surface area contributed by atoms with Crippen molar-refractivity contribution in [3.63, 3.8) is 0 Å². The molecule has 3 atom stereocenters. The summed E-state index contributed by atoms with van der Waals surface area (Å²) in [4.78, 5) is 25.9. The molecule has 0 bridgehead atoms. The average molecular weight is 390 g/mol. The van der Waals surface area contributed by atoms with Gasteiger partial charge >= 0.3 is 5.97 Å². The maximum Gasteiger partial charge on any atom is 0.316 e. The molecule has 0 saturated heterocycles. The van der Waals surface area contributed by atoms with Gasteiger partial charge in [0.2, 0.25) is 0 Å². The van der Waals surface area contributed by atoms with E-state index < -0.39 is 11.9 Å². The minimum Gasteiger partial charge on any atom is -0.468 e. The molecule has 4 rings (SSSR count). The second kappa shape index (κ2) is 7.74. The quantitative estimate of drug-likeness (QED) is 0.597. The summed E-state index contributed by atoms with van der Waals surface area (Å²) in [6, 6.07) is 15.9. The van der Waals surface area contributed by atoms with E-state index in [-0.39, 0.29) is 17.7 Å². The molecule has 0 amide bonds. The molecule has 2 N–H and O–H groups in total. The average Bonchev–Trinajstić information content (AvgIpc) is 2.90. The van der Waals surface area contributed by atoms with Crippen LogP contribution in [-0.2, 0) is 20.7 Å². The number of benzene rings is 2. The Labute approximate surface area is 171 Å². The summed E-state index contributed by atoms with van der Waals surface area (Å²) < 4.78 is 4.95. The van der Waals surface area contributed by atoms with Crippen LogP contribution < -0.4 is 10.6 Å². The van der Waals surface area contributed by atoms with E-state index in [0.29, 0.717) is 12.0 Å². The summed E-state index contributed by atoms with van der Waals surface area (Å²) in [6.45, 7) is 4.05. The lowest BCUT2D eigenvalue weighted by atomic mass is 9.75. The Hall–Kier alpha value is -3.08. The molecule has 5 nitrogen and oxygen atoms in total. The maximum absolute atomic E-state index is 13.5. The Morgan fingerprint density at radius 2 is 1.79 bits per heavy atom. The van der Waals surface area contributed by atoms with Crippen LogP contribution in [0.5, 0.6) is 0 Å². The minimum atomic E-state index is -0.777. The van der Waals surface area contributed by atoms with Crippen LogP contribution >= 0.6 is 0 Å². The van der Waals surface area contributed by atoms with Gasteiger partial charge in [-0.1, -0.05) is 50.2 Å². The lowest BCUT2D eigenvalue weighted by Gasteiger charge is -2.32. The highest BCUT2D eigenvalue weighted by Gasteiger charge is 2.44. The van der Waals surface area contributed by atoms with Gasteiger partial charge in [-0.3, -0.25) is 9.59 Å². The first-order valence-electron chi connectivity index (χ1n) is 10.1. The van der Waals surface area contributed by atoms with Gasteiger partial charge in [-0.2, -0.15) is 0 Å². The van der Waals surface area contributed by atoms with E-state index in [1.54, 1.807) is 0 Å². The Morgan fingerprint density at radius 1 is 1.10 bits per heavy atom. The maximum atomic E-state index is 13.5. The summed E-state index contributed by atoms with van der Waals surface area (Å²) in [5, 5.41) is 7.01. The van der Waals surface area contributed by atoms with Crippen LogP contribution in [0.25, 0.3) is 0 Å². The van der Waals surface area contributed by atoms with Crippen LogP contribution in [0.1, 0.15) is 37.4 Å². The lowest BCUT2D eigenvalue weighted by Crippen LogP contribution is -2.39. The molecule has 2 aromatic rings. The SMILES string of the molecule is CCc1ccc([C@@H]2Nc3ccccc3NC3=C2C(=O)[C@@H](C(=O)OC)[C@@H](C)C3)cc1. The number of anilines is 2. The summed E-state index contributed by atoms with van der Waals surface area (Å²) >= 11 is 0. The highest BCUT2D eigenvalue weighted by molar-refractivity contribution is 6.11. The van der Waals surface area contributed by atoms with Gasteiger partial charge in [0.1, 0.15) is 5.92 Å². The molecule has 0 saturated carbocycles. The fraction of sp³-hybridized carbons (Fsp3) is 0.333. The number of ether oxygens (including phenoxy) is 1. The first-order chi connectivity index (χ1) is 14.0. The minimum absolute atomic E-state index is 0.130. The molecule has 2 aromatic carbocycles. The molecule has 150 valence electrons. The number of aryl methyl sites for hydroxylation is 1. The Morgan fingerprint density at radius 3 is 2.45 bits per heavy atom. The smallest absolute Gasteiger partial charge is 0.316 e. The zero-order chi connectivity index (χ0) is 20.5. The summed E-state index contributed by atoms with van der Waals surface area (Å²) in [5.74, 6) is -1.53. The lowest BCUT2D eigenvalue weighted by molar-refractivity contribution is -0.151. The second-order valence-electron chi connectivity index (χ2n) is 7.78. The largest absolute Gasteiger partial charge is 0.468 e. The normalized spacial score (nSPS) is 23.3. The Bertz CT molecular complexity index is 978. The number of rotatable bonds is 3. The van der Waals surface area contributed by atoms with E-state index in [2.05, 4.69) is 41.8 Å². The van der Waals surface area contributed by atoms with Gasteiger partial charge in [-0.25, -0.2) is 0 Å². The van der Waals surface area contributed by atoms with E-state index in [0.717, 1.165) is 29.1 Å². The van der Waals surface area contributed by atoms with Crippen molar-refractivity contribution in [2.75, 3.05) is 17.7 Å². The van der Waals surface area contributed by atoms with Crippen LogP contribution in [0.2, 0.25) is 0 Å². The number of methoxy groups -OCH3 is 1. The summed E-state index contributed by atoms with van der Waals surface area (Å²) in [7, 11) is 1.34. The van der Waals surface area contributed by atoms with Gasteiger partial charge in [0.15, 0.2) is 5.78 Å². The molecule has 0 spiro atoms. The number of para-hydroxylation sites is 2. The molecule has 1 heterocycles. The highest BCUT2D eigenvalue weighted by Crippen LogP contribution is 2.43. The Kier molecular flexibility index (Phi) is 5.14. The van der Waals surface area contributed by atoms with E-state index >= 15 is 0 Å². The third kappa shape index (κ3) is 3.41. The van der Waals surface area contributed by atoms with Gasteiger partial charge in [-0.15, -0.1) is 0 Å². The van der Waals surface area contributed by atoms with Gasteiger partial charge in [-0.05, 0) is 42.0 Å². The molecule has 0 unspecified atom stereocenters. The van der Waals surface area contributed by atoms with E-state index in [1.807, 2.05) is 31.2 Å². The molecule has 1 aliphatic heterocycles. The number of esters is 1. The van der Waals surface area contributed by atoms with Crippen LogP contribution in [0.4, 0.5) is 11.4 Å². The van der Waals surface area contributed by atoms with Crippen molar-refractivity contribution in [2.24, 2.45) is 11.8 Å². The third-order valence-electron chi connectivity index (χ3n) is 5.95. The predicted molar refractivity (Wildman–Crippen MR) is 114 cm³/mol. The standard InChI is InChI=1S/C24H26N2O3/c1-4-15-9-11-16(12-10-15)22-21-19(25-17-7-5-6-8-18(17)26-22)13-14(2)20(23(21)27)24(28)29-3/h5-12,14,20,22,25-26H,4,13H2,1-3H3/t14-,20-,22-/m0/s1. The molecule has 0 aromatic heterocycles. The van der Waals surface area contributed by atoms with Gasteiger partial charge in [0, 0.05) is 11.3 Å². The number of hydrogen-bond donors (Lipinski definition) is 2. The number of carbonyl (C=O) groups excluding carboxylic acids is 2. The zero-order valence-corrected chi connectivity index (χ0v) is 17.0. The Balaban J connectivity index is 1.85. The van der Waals surface area contributed by atoms with E-state index in [1.165, 1.54) is 12.7 Å². The molecule has 1 aliphatic carbocycles. The molecular weight excluding hydrogens is 364 g/mol. The number of Topliss-reactive ketones (excluding diaryl/α,β-unsaturated/α-hetero) is 1. The van der Waals surface area contributed by atoms with Crippen LogP contribution in [0, 0.1) is 11.8 Å². The van der Waals surface area contributed by atoms with Crippen molar-refractivity contribution < 1.29 is 14.3 Å². The van der Waals surface area contributed by atoms with Gasteiger partial charge in [0.05, 0.1) is 24.5 Å². The van der Waals surface area contributed by atoms with Crippen molar-refractivity contribution in [3.8, 4) is 0 Å². The van der Waals surface area contributed by atoms with Gasteiger partial charge in [0.25, 0.3) is 0 Å². The summed E-state index contributed by atoms with van der Waals surface area (Å²) in [6.07, 6.45) is 1.57. The monoisotopic (exact) mass is 390 g/mol. The van der Waals surface area contributed by atoms with Crippen LogP contribution in [0.15, 0.2) is 59.8 Å². The van der Waals surface area contributed by atoms with E-state index in [4.69, 9.17) is 4.74 Å². The fourth-order valence-corrected chi connectivity index (χ4v) is 4.33. The molecule has 0 fully saturated rings. The highest BCUT2D eigenvalue weighted by atomic mass is 16.5. The number of fused-ring (bicyclic) bond motifs is 1. The van der Waals surface area contributed by atoms with Crippen molar-refractivity contribution in [3.05, 3.63) is 70.9 Å². The number of ketones is 1. The summed E-state index contributed by atoms with van der Waals surface area (Å²) in [5.41, 5.74) is 5.61. The number of carbonyl (C=O) groups is 2. The fourth-order valence-electron chi connectivity index (χ4n) is 4.33. The van der Waals surface area contributed by atoms with Gasteiger partial charge < -0.3 is 15.4 Å². The zero-order valence-electron chi connectivity index (χ0n) is 17.0. The predicted octanol–water partition coefficient (Wildman–Crippen LogP) is 4.48.